The first kappa shape index (κ1) is 10.9. The maximum Gasteiger partial charge on any atom is 0.0630 e. The Morgan fingerprint density at radius 1 is 1.20 bits per heavy atom. The molecule has 1 aromatic carbocycles. The Hall–Kier alpha value is -0.603. The summed E-state index contributed by atoms with van der Waals surface area (Å²) in [5.74, 6) is 0. The molecule has 1 saturated heterocycles. The minimum atomic E-state index is -0.881. The lowest BCUT2D eigenvalue weighted by molar-refractivity contribution is 0.290. The van der Waals surface area contributed by atoms with Gasteiger partial charge in [-0.15, -0.1) is 0 Å². The van der Waals surface area contributed by atoms with Crippen LogP contribution < -0.4 is 0 Å². The maximum atomic E-state index is 2.64. The summed E-state index contributed by atoms with van der Waals surface area (Å²) < 4.78 is 0. The molecule has 2 heteroatoms. The highest BCUT2D eigenvalue weighted by atomic mass is 28.3. The molecular formula is C13H21NSi. The minimum Gasteiger partial charge on any atom is -0.302 e. The molecule has 2 rings (SSSR count). The van der Waals surface area contributed by atoms with Gasteiger partial charge in [0, 0.05) is 6.54 Å². The molecule has 0 atom stereocenters. The SMILES string of the molecule is C[Si]1(C)CCCN(Cc2ccccc2)C1. The second-order valence-electron chi connectivity index (χ2n) is 5.46. The van der Waals surface area contributed by atoms with Gasteiger partial charge in [-0.3, -0.25) is 0 Å². The van der Waals surface area contributed by atoms with Gasteiger partial charge in [-0.2, -0.15) is 0 Å². The first-order valence-corrected chi connectivity index (χ1v) is 9.33. The third kappa shape index (κ3) is 3.18. The van der Waals surface area contributed by atoms with Crippen LogP contribution in [0.3, 0.4) is 0 Å². The minimum absolute atomic E-state index is 0.881. The Kier molecular flexibility index (Phi) is 3.27. The summed E-state index contributed by atoms with van der Waals surface area (Å²) in [4.78, 5) is 2.64. The Bertz CT molecular complexity index is 308. The summed E-state index contributed by atoms with van der Waals surface area (Å²) in [6.07, 6.45) is 2.79. The summed E-state index contributed by atoms with van der Waals surface area (Å²) in [7, 11) is -0.881. The van der Waals surface area contributed by atoms with Crippen LogP contribution in [0.25, 0.3) is 0 Å². The zero-order valence-corrected chi connectivity index (χ0v) is 10.9. The van der Waals surface area contributed by atoms with Crippen molar-refractivity contribution in [3.8, 4) is 0 Å². The molecule has 1 aromatic rings. The predicted octanol–water partition coefficient (Wildman–Crippen LogP) is 3.14. The van der Waals surface area contributed by atoms with Crippen LogP contribution in [-0.2, 0) is 6.54 Å². The van der Waals surface area contributed by atoms with Crippen LogP contribution in [0.2, 0.25) is 19.1 Å². The summed E-state index contributed by atoms with van der Waals surface area (Å²) in [5.41, 5.74) is 1.46. The zero-order chi connectivity index (χ0) is 10.7. The fourth-order valence-electron chi connectivity index (χ4n) is 2.52. The lowest BCUT2D eigenvalue weighted by atomic mass is 10.2. The van der Waals surface area contributed by atoms with Gasteiger partial charge in [0.1, 0.15) is 0 Å². The van der Waals surface area contributed by atoms with Crippen LogP contribution in [0, 0.1) is 0 Å². The van der Waals surface area contributed by atoms with E-state index in [1.807, 2.05) is 0 Å². The average molecular weight is 219 g/mol. The largest absolute Gasteiger partial charge is 0.302 e. The number of rotatable bonds is 2. The van der Waals surface area contributed by atoms with E-state index in [2.05, 4.69) is 48.3 Å². The summed E-state index contributed by atoms with van der Waals surface area (Å²) in [5, 5.41) is 0. The highest BCUT2D eigenvalue weighted by molar-refractivity contribution is 6.77. The van der Waals surface area contributed by atoms with Gasteiger partial charge in [0.15, 0.2) is 0 Å². The molecule has 0 N–H and O–H groups in total. The van der Waals surface area contributed by atoms with E-state index in [1.165, 1.54) is 30.7 Å². The number of nitrogens with zero attached hydrogens (tertiary/aromatic N) is 1. The van der Waals surface area contributed by atoms with Crippen molar-refractivity contribution < 1.29 is 0 Å². The molecule has 1 fully saturated rings. The molecular weight excluding hydrogens is 198 g/mol. The molecule has 82 valence electrons. The van der Waals surface area contributed by atoms with Gasteiger partial charge in [-0.05, 0) is 24.7 Å². The second kappa shape index (κ2) is 4.50. The standard InChI is InChI=1S/C13H21NSi/c1-15(2)10-6-9-14(12-15)11-13-7-4-3-5-8-13/h3-5,7-8H,6,9-12H2,1-2H3. The van der Waals surface area contributed by atoms with Crippen molar-refractivity contribution in [1.82, 2.24) is 4.90 Å². The molecule has 1 nitrogen and oxygen atoms in total. The Morgan fingerprint density at radius 3 is 2.60 bits per heavy atom. The monoisotopic (exact) mass is 219 g/mol. The van der Waals surface area contributed by atoms with Crippen LogP contribution >= 0.6 is 0 Å². The van der Waals surface area contributed by atoms with E-state index in [4.69, 9.17) is 0 Å². The Labute approximate surface area is 94.1 Å². The second-order valence-corrected chi connectivity index (χ2v) is 10.6. The Morgan fingerprint density at radius 2 is 1.93 bits per heavy atom. The normalized spacial score (nSPS) is 21.5. The van der Waals surface area contributed by atoms with Crippen LogP contribution in [0.1, 0.15) is 12.0 Å². The average Bonchev–Trinajstić information content (AvgIpc) is 2.17. The smallest absolute Gasteiger partial charge is 0.0630 e. The Balaban J connectivity index is 1.95. The molecule has 0 saturated carbocycles. The van der Waals surface area contributed by atoms with Gasteiger partial charge in [-0.1, -0.05) is 49.5 Å². The lowest BCUT2D eigenvalue weighted by Gasteiger charge is -2.36. The summed E-state index contributed by atoms with van der Waals surface area (Å²) >= 11 is 0. The third-order valence-electron chi connectivity index (χ3n) is 3.23. The molecule has 15 heavy (non-hydrogen) atoms. The first-order chi connectivity index (χ1) is 7.16. The summed E-state index contributed by atoms with van der Waals surface area (Å²) in [6.45, 7) is 7.48. The molecule has 0 unspecified atom stereocenters. The van der Waals surface area contributed by atoms with Crippen molar-refractivity contribution in [2.75, 3.05) is 12.7 Å². The fourth-order valence-corrected chi connectivity index (χ4v) is 5.28. The molecule has 1 aliphatic rings. The van der Waals surface area contributed by atoms with Crippen molar-refractivity contribution >= 4 is 8.07 Å². The topological polar surface area (TPSA) is 3.24 Å². The van der Waals surface area contributed by atoms with E-state index < -0.39 is 8.07 Å². The molecule has 0 radical (unpaired) electrons. The highest BCUT2D eigenvalue weighted by Crippen LogP contribution is 2.21. The quantitative estimate of drug-likeness (QED) is 0.691. The van der Waals surface area contributed by atoms with Crippen LogP contribution in [-0.4, -0.2) is 25.7 Å². The van der Waals surface area contributed by atoms with Gasteiger partial charge >= 0.3 is 0 Å². The van der Waals surface area contributed by atoms with Gasteiger partial charge < -0.3 is 4.90 Å². The number of hydrogen-bond donors (Lipinski definition) is 0. The molecule has 0 aromatic heterocycles. The van der Waals surface area contributed by atoms with Gasteiger partial charge in [0.05, 0.1) is 8.07 Å². The molecule has 0 aliphatic carbocycles. The van der Waals surface area contributed by atoms with E-state index in [0.29, 0.717) is 0 Å². The molecule has 0 bridgehead atoms. The molecule has 0 amide bonds. The highest BCUT2D eigenvalue weighted by Gasteiger charge is 2.27. The van der Waals surface area contributed by atoms with Crippen LogP contribution in [0.5, 0.6) is 0 Å². The zero-order valence-electron chi connectivity index (χ0n) is 9.87. The van der Waals surface area contributed by atoms with Crippen molar-refractivity contribution in [2.45, 2.75) is 32.1 Å². The van der Waals surface area contributed by atoms with Crippen molar-refractivity contribution in [2.24, 2.45) is 0 Å². The molecule has 1 aliphatic heterocycles. The first-order valence-electron chi connectivity index (χ1n) is 5.92. The summed E-state index contributed by atoms with van der Waals surface area (Å²) in [6, 6.07) is 12.4. The fraction of sp³-hybridized carbons (Fsp3) is 0.538. The van der Waals surface area contributed by atoms with E-state index in [0.717, 1.165) is 6.54 Å². The van der Waals surface area contributed by atoms with E-state index >= 15 is 0 Å². The van der Waals surface area contributed by atoms with Gasteiger partial charge in [0.2, 0.25) is 0 Å². The predicted molar refractivity (Wildman–Crippen MR) is 68.6 cm³/mol. The van der Waals surface area contributed by atoms with Crippen molar-refractivity contribution in [3.05, 3.63) is 35.9 Å². The third-order valence-corrected chi connectivity index (χ3v) is 6.24. The van der Waals surface area contributed by atoms with Gasteiger partial charge in [-0.25, -0.2) is 0 Å². The molecule has 1 heterocycles. The van der Waals surface area contributed by atoms with E-state index in [1.54, 1.807) is 0 Å². The number of hydrogen-bond acceptors (Lipinski definition) is 1. The van der Waals surface area contributed by atoms with E-state index in [-0.39, 0.29) is 0 Å². The maximum absolute atomic E-state index is 2.64. The van der Waals surface area contributed by atoms with Gasteiger partial charge in [0.25, 0.3) is 0 Å². The van der Waals surface area contributed by atoms with Crippen molar-refractivity contribution in [1.29, 1.82) is 0 Å². The molecule has 0 spiro atoms. The van der Waals surface area contributed by atoms with E-state index in [9.17, 15) is 0 Å². The van der Waals surface area contributed by atoms with Crippen LogP contribution in [0.15, 0.2) is 30.3 Å². The van der Waals surface area contributed by atoms with Crippen molar-refractivity contribution in [3.63, 3.8) is 0 Å². The number of benzene rings is 1. The lowest BCUT2D eigenvalue weighted by Crippen LogP contribution is -2.47. The van der Waals surface area contributed by atoms with Crippen LogP contribution in [0.4, 0.5) is 0 Å².